The zero-order chi connectivity index (χ0) is 21.1. The van der Waals surface area contributed by atoms with Crippen molar-refractivity contribution in [3.8, 4) is 11.5 Å². The van der Waals surface area contributed by atoms with Gasteiger partial charge in [0.25, 0.3) is 0 Å². The largest absolute Gasteiger partial charge is 0.457 e. The first-order valence-electron chi connectivity index (χ1n) is 10.4. The summed E-state index contributed by atoms with van der Waals surface area (Å²) in [5.41, 5.74) is 4.31. The number of hydrogen-bond donors (Lipinski definition) is 2. The van der Waals surface area contributed by atoms with Gasteiger partial charge in [-0.1, -0.05) is 72.8 Å². The molecule has 0 bridgehead atoms. The molecule has 0 amide bonds. The van der Waals surface area contributed by atoms with Crippen LogP contribution in [0.4, 0.5) is 11.4 Å². The quantitative estimate of drug-likeness (QED) is 0.300. The second kappa shape index (κ2) is 10.7. The lowest BCUT2D eigenvalue weighted by Gasteiger charge is -2.15. The van der Waals surface area contributed by atoms with Gasteiger partial charge >= 0.3 is 0 Å². The number of ether oxygens (including phenoxy) is 2. The van der Waals surface area contributed by atoms with E-state index in [4.69, 9.17) is 9.47 Å². The Morgan fingerprint density at radius 2 is 0.839 bits per heavy atom. The normalized spacial score (nSPS) is 10.3. The highest BCUT2D eigenvalue weighted by atomic mass is 16.7. The lowest BCUT2D eigenvalue weighted by Crippen LogP contribution is -2.10. The average molecular weight is 411 g/mol. The first-order valence-corrected chi connectivity index (χ1v) is 10.4. The van der Waals surface area contributed by atoms with Crippen molar-refractivity contribution in [3.05, 3.63) is 120 Å². The van der Waals surface area contributed by atoms with Crippen LogP contribution in [0.1, 0.15) is 11.1 Å². The van der Waals surface area contributed by atoms with E-state index in [1.165, 1.54) is 0 Å². The van der Waals surface area contributed by atoms with Crippen LogP contribution in [-0.2, 0) is 13.1 Å². The predicted molar refractivity (Wildman–Crippen MR) is 127 cm³/mol. The van der Waals surface area contributed by atoms with Gasteiger partial charge in [-0.2, -0.15) is 0 Å². The van der Waals surface area contributed by atoms with Gasteiger partial charge in [-0.3, -0.25) is 0 Å². The van der Waals surface area contributed by atoms with Gasteiger partial charge in [0.05, 0.1) is 0 Å². The third-order valence-electron chi connectivity index (χ3n) is 4.89. The molecule has 0 aliphatic rings. The number of rotatable bonds is 10. The summed E-state index contributed by atoms with van der Waals surface area (Å²) in [4.78, 5) is 0. The van der Waals surface area contributed by atoms with E-state index < -0.39 is 0 Å². The standard InChI is InChI=1S/C27H26N2O2/c1-3-13-24(14-4-1)28-19-22-11-7-9-17-26(22)30-21-31-27-18-10-8-12-23(27)20-29-25-15-5-2-6-16-25/h1-18,28-29H,19-21H2. The highest BCUT2D eigenvalue weighted by molar-refractivity contribution is 5.46. The van der Waals surface area contributed by atoms with Crippen LogP contribution in [0.3, 0.4) is 0 Å². The molecule has 0 saturated heterocycles. The maximum Gasteiger partial charge on any atom is 0.230 e. The number of hydrogen-bond acceptors (Lipinski definition) is 4. The molecule has 0 heterocycles. The summed E-state index contributed by atoms with van der Waals surface area (Å²) in [5, 5.41) is 6.84. The number of para-hydroxylation sites is 4. The van der Waals surface area contributed by atoms with Gasteiger partial charge in [0.1, 0.15) is 11.5 Å². The van der Waals surface area contributed by atoms with Crippen LogP contribution in [0.25, 0.3) is 0 Å². The molecule has 31 heavy (non-hydrogen) atoms. The van der Waals surface area contributed by atoms with Crippen molar-refractivity contribution in [1.82, 2.24) is 0 Å². The predicted octanol–water partition coefficient (Wildman–Crippen LogP) is 6.33. The fourth-order valence-electron chi connectivity index (χ4n) is 3.24. The Hall–Kier alpha value is -3.92. The van der Waals surface area contributed by atoms with Gasteiger partial charge < -0.3 is 20.1 Å². The first-order chi connectivity index (χ1) is 15.4. The van der Waals surface area contributed by atoms with Gasteiger partial charge in [-0.15, -0.1) is 0 Å². The Morgan fingerprint density at radius 1 is 0.452 bits per heavy atom. The maximum absolute atomic E-state index is 5.96. The van der Waals surface area contributed by atoms with Crippen molar-refractivity contribution in [2.24, 2.45) is 0 Å². The number of nitrogens with one attached hydrogen (secondary N) is 2. The summed E-state index contributed by atoms with van der Waals surface area (Å²) in [7, 11) is 0. The Labute approximate surface area is 183 Å². The van der Waals surface area contributed by atoms with Gasteiger partial charge in [0.15, 0.2) is 0 Å². The average Bonchev–Trinajstić information content (AvgIpc) is 2.84. The molecule has 0 spiro atoms. The molecule has 4 aromatic rings. The fraction of sp³-hybridized carbons (Fsp3) is 0.111. The van der Waals surface area contributed by atoms with Crippen molar-refractivity contribution >= 4 is 11.4 Å². The summed E-state index contributed by atoms with van der Waals surface area (Å²) in [6.07, 6.45) is 0. The van der Waals surface area contributed by atoms with E-state index in [1.54, 1.807) is 0 Å². The van der Waals surface area contributed by atoms with Gasteiger partial charge in [0, 0.05) is 35.6 Å². The van der Waals surface area contributed by atoms with Crippen molar-refractivity contribution in [2.45, 2.75) is 13.1 Å². The highest BCUT2D eigenvalue weighted by Crippen LogP contribution is 2.22. The molecule has 0 radical (unpaired) electrons. The van der Waals surface area contributed by atoms with Gasteiger partial charge in [0.2, 0.25) is 6.79 Å². The van der Waals surface area contributed by atoms with E-state index in [1.807, 2.05) is 97.1 Å². The zero-order valence-corrected chi connectivity index (χ0v) is 17.3. The molecule has 2 N–H and O–H groups in total. The summed E-state index contributed by atoms with van der Waals surface area (Å²) in [6.45, 7) is 1.50. The van der Waals surface area contributed by atoms with Gasteiger partial charge in [-0.05, 0) is 36.4 Å². The minimum absolute atomic E-state index is 0.144. The molecular weight excluding hydrogens is 384 g/mol. The Bertz CT molecular complexity index is 982. The minimum atomic E-state index is 0.144. The Kier molecular flexibility index (Phi) is 7.05. The number of benzene rings is 4. The van der Waals surface area contributed by atoms with Crippen molar-refractivity contribution in [2.75, 3.05) is 17.4 Å². The van der Waals surface area contributed by atoms with E-state index in [2.05, 4.69) is 22.8 Å². The van der Waals surface area contributed by atoms with E-state index in [9.17, 15) is 0 Å². The van der Waals surface area contributed by atoms with Gasteiger partial charge in [-0.25, -0.2) is 0 Å². The van der Waals surface area contributed by atoms with Crippen LogP contribution < -0.4 is 20.1 Å². The van der Waals surface area contributed by atoms with Crippen LogP contribution in [0.2, 0.25) is 0 Å². The molecule has 0 aromatic heterocycles. The summed E-state index contributed by atoms with van der Waals surface area (Å²) in [6, 6.07) is 36.3. The van der Waals surface area contributed by atoms with Crippen molar-refractivity contribution in [1.29, 1.82) is 0 Å². The molecule has 4 rings (SSSR count). The molecule has 4 nitrogen and oxygen atoms in total. The molecule has 4 heteroatoms. The molecule has 0 aliphatic carbocycles. The van der Waals surface area contributed by atoms with E-state index in [0.29, 0.717) is 13.1 Å². The Balaban J connectivity index is 1.33. The molecule has 0 atom stereocenters. The SMILES string of the molecule is c1ccc(NCc2ccccc2OCOc2ccccc2CNc2ccccc2)cc1. The van der Waals surface area contributed by atoms with E-state index in [0.717, 1.165) is 34.0 Å². The number of anilines is 2. The van der Waals surface area contributed by atoms with Crippen LogP contribution >= 0.6 is 0 Å². The van der Waals surface area contributed by atoms with Crippen LogP contribution in [0.5, 0.6) is 11.5 Å². The van der Waals surface area contributed by atoms with Crippen LogP contribution in [0, 0.1) is 0 Å². The van der Waals surface area contributed by atoms with Crippen LogP contribution in [-0.4, -0.2) is 6.79 Å². The lowest BCUT2D eigenvalue weighted by atomic mass is 10.2. The van der Waals surface area contributed by atoms with Crippen molar-refractivity contribution < 1.29 is 9.47 Å². The topological polar surface area (TPSA) is 42.5 Å². The monoisotopic (exact) mass is 410 g/mol. The first kappa shape index (κ1) is 20.4. The molecule has 0 saturated carbocycles. The molecule has 0 fully saturated rings. The molecule has 156 valence electrons. The highest BCUT2D eigenvalue weighted by Gasteiger charge is 2.06. The third kappa shape index (κ3) is 6.03. The second-order valence-corrected chi connectivity index (χ2v) is 7.06. The third-order valence-corrected chi connectivity index (χ3v) is 4.89. The van der Waals surface area contributed by atoms with Crippen LogP contribution in [0.15, 0.2) is 109 Å². The Morgan fingerprint density at radius 3 is 1.29 bits per heavy atom. The zero-order valence-electron chi connectivity index (χ0n) is 17.3. The molecular formula is C27H26N2O2. The van der Waals surface area contributed by atoms with E-state index in [-0.39, 0.29) is 6.79 Å². The minimum Gasteiger partial charge on any atom is -0.457 e. The van der Waals surface area contributed by atoms with E-state index >= 15 is 0 Å². The molecule has 0 unspecified atom stereocenters. The summed E-state index contributed by atoms with van der Waals surface area (Å²) >= 11 is 0. The fourth-order valence-corrected chi connectivity index (χ4v) is 3.24. The van der Waals surface area contributed by atoms with Crippen molar-refractivity contribution in [3.63, 3.8) is 0 Å². The second-order valence-electron chi connectivity index (χ2n) is 7.06. The maximum atomic E-state index is 5.96. The smallest absolute Gasteiger partial charge is 0.230 e. The lowest BCUT2D eigenvalue weighted by molar-refractivity contribution is 0.118. The summed E-state index contributed by atoms with van der Waals surface area (Å²) in [5.74, 6) is 1.62. The molecule has 4 aromatic carbocycles. The summed E-state index contributed by atoms with van der Waals surface area (Å²) < 4.78 is 11.9. The molecule has 0 aliphatic heterocycles.